The molecule has 10 heavy (non-hydrogen) atoms. The van der Waals surface area contributed by atoms with Gasteiger partial charge in [0.15, 0.2) is 7.85 Å². The summed E-state index contributed by atoms with van der Waals surface area (Å²) >= 11 is 3.18. The van der Waals surface area contributed by atoms with Crippen LogP contribution in [0.5, 0.6) is 0 Å². The number of hydrogen-bond donors (Lipinski definition) is 0. The van der Waals surface area contributed by atoms with Crippen LogP contribution in [0.4, 0.5) is 0 Å². The number of nitrogens with zero attached hydrogens (tertiary/aromatic N) is 1. The molecule has 0 atom stereocenters. The minimum absolute atomic E-state index is 0. The first-order valence-corrected chi connectivity index (χ1v) is 4.12. The van der Waals surface area contributed by atoms with Crippen LogP contribution in [0, 0.1) is 0 Å². The summed E-state index contributed by atoms with van der Waals surface area (Å²) in [4.78, 5) is 4.51. The van der Waals surface area contributed by atoms with Crippen molar-refractivity contribution in [2.75, 3.05) is 6.26 Å². The Balaban J connectivity index is 0. The number of rotatable bonds is 1. The topological polar surface area (TPSA) is 75.9 Å². The third kappa shape index (κ3) is 3.21. The molecule has 0 saturated heterocycles. The Labute approximate surface area is 68.9 Å². The maximum atomic E-state index is 5.35. The molecule has 4 N–H and O–H groups in total. The maximum absolute atomic E-state index is 5.35. The highest BCUT2D eigenvalue weighted by Crippen LogP contribution is 2.15. The molecule has 0 saturated carbocycles. The van der Waals surface area contributed by atoms with Gasteiger partial charge in [-0.15, -0.1) is 23.1 Å². The first-order chi connectivity index (χ1) is 3.83. The summed E-state index contributed by atoms with van der Waals surface area (Å²) < 4.78 is 1.17. The van der Waals surface area contributed by atoms with Crippen molar-refractivity contribution < 1.29 is 11.0 Å². The molecule has 0 amide bonds. The molecule has 3 nitrogen and oxygen atoms in total. The highest BCUT2D eigenvalue weighted by atomic mass is 32.2. The van der Waals surface area contributed by atoms with Gasteiger partial charge in [-0.25, -0.2) is 0 Å². The van der Waals surface area contributed by atoms with E-state index in [9.17, 15) is 0 Å². The maximum Gasteiger partial charge on any atom is 0.157 e. The van der Waals surface area contributed by atoms with Gasteiger partial charge in [0.25, 0.3) is 0 Å². The van der Waals surface area contributed by atoms with E-state index in [-0.39, 0.29) is 11.0 Å². The summed E-state index contributed by atoms with van der Waals surface area (Å²) in [6, 6.07) is 0. The average molecular weight is 177 g/mol. The summed E-state index contributed by atoms with van der Waals surface area (Å²) in [5.41, 5.74) is 0. The van der Waals surface area contributed by atoms with E-state index in [2.05, 4.69) is 4.98 Å². The molecule has 1 aromatic heterocycles. The third-order valence-corrected chi connectivity index (χ3v) is 2.58. The predicted molar refractivity (Wildman–Crippen MR) is 46.5 cm³/mol. The molecule has 1 rings (SSSR count). The molecule has 0 fully saturated rings. The van der Waals surface area contributed by atoms with Crippen LogP contribution in [0.15, 0.2) is 10.4 Å². The second-order valence-corrected chi connectivity index (χ2v) is 3.39. The van der Waals surface area contributed by atoms with Gasteiger partial charge in [0.05, 0.1) is 10.4 Å². The highest BCUT2D eigenvalue weighted by molar-refractivity contribution is 8.00. The van der Waals surface area contributed by atoms with Crippen molar-refractivity contribution in [1.82, 2.24) is 4.98 Å². The van der Waals surface area contributed by atoms with Crippen molar-refractivity contribution in [1.29, 1.82) is 0 Å². The summed E-state index contributed by atoms with van der Waals surface area (Å²) in [6.45, 7) is 0. The van der Waals surface area contributed by atoms with Crippen molar-refractivity contribution in [3.05, 3.63) is 6.20 Å². The predicted octanol–water partition coefficient (Wildman–Crippen LogP) is -0.991. The van der Waals surface area contributed by atoms with Crippen molar-refractivity contribution >= 4 is 35.9 Å². The van der Waals surface area contributed by atoms with E-state index in [1.165, 1.54) is 15.5 Å². The van der Waals surface area contributed by atoms with Crippen molar-refractivity contribution in [3.8, 4) is 0 Å². The van der Waals surface area contributed by atoms with E-state index in [1.807, 2.05) is 6.26 Å². The second kappa shape index (κ2) is 5.73. The SMILES string of the molecule is O.O.[B]c1ncc(SC)s1. The lowest BCUT2D eigenvalue weighted by Gasteiger charge is -1.78. The minimum atomic E-state index is 0. The zero-order valence-corrected chi connectivity index (χ0v) is 7.05. The van der Waals surface area contributed by atoms with Crippen LogP contribution in [0.3, 0.4) is 0 Å². The monoisotopic (exact) mass is 177 g/mol. The van der Waals surface area contributed by atoms with Crippen LogP contribution in [0.25, 0.3) is 0 Å². The van der Waals surface area contributed by atoms with E-state index in [0.29, 0.717) is 4.91 Å². The Bertz CT molecular complexity index is 182. The van der Waals surface area contributed by atoms with Crippen LogP contribution >= 0.6 is 23.1 Å². The van der Waals surface area contributed by atoms with Gasteiger partial charge in [0.2, 0.25) is 0 Å². The molecule has 0 aliphatic carbocycles. The molecule has 0 unspecified atom stereocenters. The zero-order chi connectivity index (χ0) is 5.98. The molecule has 1 heterocycles. The summed E-state index contributed by atoms with van der Waals surface area (Å²) in [6.07, 6.45) is 3.79. The van der Waals surface area contributed by atoms with E-state index < -0.39 is 0 Å². The van der Waals surface area contributed by atoms with Crippen molar-refractivity contribution in [2.24, 2.45) is 0 Å². The molecule has 0 aromatic carbocycles. The van der Waals surface area contributed by atoms with E-state index in [1.54, 1.807) is 18.0 Å². The minimum Gasteiger partial charge on any atom is -0.412 e. The number of aromatic nitrogens is 1. The van der Waals surface area contributed by atoms with E-state index in [0.717, 1.165) is 0 Å². The number of thiazole rings is 1. The smallest absolute Gasteiger partial charge is 0.157 e. The summed E-state index contributed by atoms with van der Waals surface area (Å²) in [7, 11) is 5.35. The van der Waals surface area contributed by atoms with Gasteiger partial charge in [-0.05, 0) is 6.26 Å². The van der Waals surface area contributed by atoms with Crippen LogP contribution in [0.1, 0.15) is 0 Å². The van der Waals surface area contributed by atoms with E-state index in [4.69, 9.17) is 7.85 Å². The molecule has 2 radical (unpaired) electrons. The standard InChI is InChI=1S/C4H4BNS2.2H2O/c1-7-3-2-6-4(5)8-3;;/h2H,1H3;2*1H2. The summed E-state index contributed by atoms with van der Waals surface area (Å²) in [5.74, 6) is 0. The fraction of sp³-hybridized carbons (Fsp3) is 0.250. The molecule has 0 bridgehead atoms. The van der Waals surface area contributed by atoms with Crippen LogP contribution in [0.2, 0.25) is 0 Å². The Morgan fingerprint density at radius 3 is 2.40 bits per heavy atom. The van der Waals surface area contributed by atoms with Crippen molar-refractivity contribution in [3.63, 3.8) is 0 Å². The van der Waals surface area contributed by atoms with Gasteiger partial charge in [0.1, 0.15) is 0 Å². The summed E-state index contributed by atoms with van der Waals surface area (Å²) in [5, 5.41) is 0. The fourth-order valence-electron chi connectivity index (χ4n) is 0.366. The average Bonchev–Trinajstić information content (AvgIpc) is 2.14. The molecular weight excluding hydrogens is 169 g/mol. The Morgan fingerprint density at radius 2 is 2.20 bits per heavy atom. The Hall–Kier alpha value is -0.0351. The van der Waals surface area contributed by atoms with Crippen LogP contribution in [-0.4, -0.2) is 30.0 Å². The normalized spacial score (nSPS) is 7.70. The molecule has 1 aromatic rings. The Morgan fingerprint density at radius 1 is 1.60 bits per heavy atom. The van der Waals surface area contributed by atoms with Gasteiger partial charge >= 0.3 is 0 Å². The lowest BCUT2D eigenvalue weighted by atomic mass is 10.2. The second-order valence-electron chi connectivity index (χ2n) is 1.22. The lowest BCUT2D eigenvalue weighted by molar-refractivity contribution is 0.823. The lowest BCUT2D eigenvalue weighted by Crippen LogP contribution is -1.95. The molecule has 56 valence electrons. The zero-order valence-electron chi connectivity index (χ0n) is 5.42. The highest BCUT2D eigenvalue weighted by Gasteiger charge is 1.91. The first kappa shape index (κ1) is 12.6. The molecular formula is C4H8BNO2S2. The van der Waals surface area contributed by atoms with Gasteiger partial charge in [-0.1, -0.05) is 0 Å². The number of thioether (sulfide) groups is 1. The van der Waals surface area contributed by atoms with Crippen LogP contribution in [-0.2, 0) is 0 Å². The molecule has 0 spiro atoms. The largest absolute Gasteiger partial charge is 0.412 e. The first-order valence-electron chi connectivity index (χ1n) is 2.08. The van der Waals surface area contributed by atoms with Gasteiger partial charge < -0.3 is 11.0 Å². The number of hydrogen-bond acceptors (Lipinski definition) is 3. The Kier molecular flexibility index (Phi) is 7.23. The quantitative estimate of drug-likeness (QED) is 0.408. The molecule has 6 heteroatoms. The van der Waals surface area contributed by atoms with Gasteiger partial charge in [-0.2, -0.15) is 0 Å². The van der Waals surface area contributed by atoms with E-state index >= 15 is 0 Å². The van der Waals surface area contributed by atoms with Crippen LogP contribution < -0.4 is 4.91 Å². The third-order valence-electron chi connectivity index (χ3n) is 0.704. The van der Waals surface area contributed by atoms with Gasteiger partial charge in [0, 0.05) is 4.91 Å². The van der Waals surface area contributed by atoms with Gasteiger partial charge in [-0.3, -0.25) is 4.98 Å². The molecule has 0 aliphatic rings. The fourth-order valence-corrected chi connectivity index (χ4v) is 1.53. The van der Waals surface area contributed by atoms with Crippen molar-refractivity contribution in [2.45, 2.75) is 4.21 Å². The molecule has 0 aliphatic heterocycles.